The van der Waals surface area contributed by atoms with Gasteiger partial charge in [0.05, 0.1) is 5.69 Å². The van der Waals surface area contributed by atoms with E-state index >= 15 is 0 Å². The van der Waals surface area contributed by atoms with E-state index in [2.05, 4.69) is 38.3 Å². The molecule has 0 saturated carbocycles. The maximum atomic E-state index is 3.91. The quantitative estimate of drug-likeness (QED) is 0.866. The first-order chi connectivity index (χ1) is 9.42. The summed E-state index contributed by atoms with van der Waals surface area (Å²) in [6, 6.07) is 8.73. The van der Waals surface area contributed by atoms with Crippen molar-refractivity contribution >= 4 is 5.69 Å². The molecule has 1 unspecified atom stereocenters. The Bertz CT molecular complexity index is 502. The molecular formula is C13H18N6. The second-order valence-corrected chi connectivity index (χ2v) is 4.83. The molecule has 2 aromatic rings. The normalized spacial score (nSPS) is 19.9. The molecule has 1 aliphatic heterocycles. The van der Waals surface area contributed by atoms with Gasteiger partial charge in [-0.1, -0.05) is 6.07 Å². The number of nitrogens with one attached hydrogen (secondary N) is 2. The van der Waals surface area contributed by atoms with E-state index in [0.717, 1.165) is 30.9 Å². The van der Waals surface area contributed by atoms with E-state index in [1.165, 1.54) is 12.8 Å². The Balaban J connectivity index is 1.72. The first-order valence-corrected chi connectivity index (χ1v) is 6.72. The molecule has 6 nitrogen and oxygen atoms in total. The predicted octanol–water partition coefficient (Wildman–Crippen LogP) is 1.22. The third kappa shape index (κ3) is 3.08. The molecule has 1 aromatic heterocycles. The Morgan fingerprint density at radius 2 is 2.26 bits per heavy atom. The van der Waals surface area contributed by atoms with Crippen LogP contribution in [-0.2, 0) is 0 Å². The second kappa shape index (κ2) is 5.79. The Kier molecular flexibility index (Phi) is 3.69. The molecule has 19 heavy (non-hydrogen) atoms. The average Bonchev–Trinajstić information content (AvgIpc) is 2.86. The van der Waals surface area contributed by atoms with Crippen molar-refractivity contribution in [2.45, 2.75) is 25.3 Å². The van der Waals surface area contributed by atoms with E-state index in [9.17, 15) is 0 Å². The molecule has 0 bridgehead atoms. The van der Waals surface area contributed by atoms with Crippen molar-refractivity contribution in [3.8, 4) is 5.69 Å². The number of hydrogen-bond acceptors (Lipinski definition) is 5. The monoisotopic (exact) mass is 258 g/mol. The molecule has 1 aromatic carbocycles. The summed E-state index contributed by atoms with van der Waals surface area (Å²) in [5, 5.41) is 18.3. The van der Waals surface area contributed by atoms with Crippen LogP contribution in [0, 0.1) is 0 Å². The minimum absolute atomic E-state index is 0.541. The van der Waals surface area contributed by atoms with Crippen LogP contribution < -0.4 is 10.6 Å². The number of benzene rings is 1. The molecule has 1 aliphatic rings. The highest BCUT2D eigenvalue weighted by Crippen LogP contribution is 2.17. The van der Waals surface area contributed by atoms with Gasteiger partial charge in [0.25, 0.3) is 0 Å². The topological polar surface area (TPSA) is 67.7 Å². The minimum atomic E-state index is 0.541. The standard InChI is InChI=1S/C13H18N6/c1-3-12(16-11-4-2-7-14-8-6-11)9-13(5-1)19-10-15-17-18-19/h1,3,5,9-11,14,16H,2,4,6-8H2. The molecule has 0 amide bonds. The Hall–Kier alpha value is -1.95. The van der Waals surface area contributed by atoms with Crippen LogP contribution in [0.1, 0.15) is 19.3 Å². The first kappa shape index (κ1) is 12.1. The van der Waals surface area contributed by atoms with Gasteiger partial charge in [-0.3, -0.25) is 0 Å². The summed E-state index contributed by atoms with van der Waals surface area (Å²) in [4.78, 5) is 0. The number of anilines is 1. The molecule has 0 aliphatic carbocycles. The predicted molar refractivity (Wildman–Crippen MR) is 73.3 cm³/mol. The summed E-state index contributed by atoms with van der Waals surface area (Å²) in [5.41, 5.74) is 2.10. The molecule has 6 heteroatoms. The number of rotatable bonds is 3. The largest absolute Gasteiger partial charge is 0.382 e. The summed E-state index contributed by atoms with van der Waals surface area (Å²) < 4.78 is 1.67. The fraction of sp³-hybridized carbons (Fsp3) is 0.462. The van der Waals surface area contributed by atoms with E-state index in [4.69, 9.17) is 0 Å². The van der Waals surface area contributed by atoms with Gasteiger partial charge in [0.2, 0.25) is 0 Å². The zero-order valence-corrected chi connectivity index (χ0v) is 10.8. The van der Waals surface area contributed by atoms with Crippen LogP contribution in [0.5, 0.6) is 0 Å². The first-order valence-electron chi connectivity index (χ1n) is 6.72. The van der Waals surface area contributed by atoms with Gasteiger partial charge < -0.3 is 10.6 Å². The van der Waals surface area contributed by atoms with E-state index in [0.29, 0.717) is 6.04 Å². The van der Waals surface area contributed by atoms with Crippen LogP contribution >= 0.6 is 0 Å². The van der Waals surface area contributed by atoms with Gasteiger partial charge in [0.1, 0.15) is 6.33 Å². The molecule has 1 saturated heterocycles. The van der Waals surface area contributed by atoms with Crippen molar-refractivity contribution in [1.82, 2.24) is 25.5 Å². The van der Waals surface area contributed by atoms with Gasteiger partial charge in [-0.25, -0.2) is 4.68 Å². The van der Waals surface area contributed by atoms with Crippen LogP contribution in [0.4, 0.5) is 5.69 Å². The molecule has 1 atom stereocenters. The third-order valence-electron chi connectivity index (χ3n) is 3.41. The van der Waals surface area contributed by atoms with Gasteiger partial charge in [-0.2, -0.15) is 0 Å². The van der Waals surface area contributed by atoms with E-state index in [-0.39, 0.29) is 0 Å². The van der Waals surface area contributed by atoms with Crippen LogP contribution in [0.3, 0.4) is 0 Å². The van der Waals surface area contributed by atoms with Crippen LogP contribution in [0.25, 0.3) is 5.69 Å². The fourth-order valence-electron chi connectivity index (χ4n) is 2.42. The van der Waals surface area contributed by atoms with E-state index < -0.39 is 0 Å². The molecule has 1 fully saturated rings. The molecule has 3 rings (SSSR count). The maximum Gasteiger partial charge on any atom is 0.143 e. The zero-order valence-electron chi connectivity index (χ0n) is 10.8. The second-order valence-electron chi connectivity index (χ2n) is 4.83. The number of aromatic nitrogens is 4. The van der Waals surface area contributed by atoms with E-state index in [1.807, 2.05) is 12.1 Å². The highest BCUT2D eigenvalue weighted by atomic mass is 15.5. The molecule has 0 spiro atoms. The Morgan fingerprint density at radius 1 is 1.26 bits per heavy atom. The highest BCUT2D eigenvalue weighted by molar-refractivity contribution is 5.51. The smallest absolute Gasteiger partial charge is 0.143 e. The summed E-state index contributed by atoms with van der Waals surface area (Å²) in [6.07, 6.45) is 5.20. The third-order valence-corrected chi connectivity index (χ3v) is 3.41. The van der Waals surface area contributed by atoms with Gasteiger partial charge in [0, 0.05) is 11.7 Å². The van der Waals surface area contributed by atoms with Gasteiger partial charge in [0.15, 0.2) is 0 Å². The number of nitrogens with zero attached hydrogens (tertiary/aromatic N) is 4. The zero-order chi connectivity index (χ0) is 12.9. The van der Waals surface area contributed by atoms with Gasteiger partial charge in [-0.05, 0) is 61.0 Å². The molecule has 100 valence electrons. The van der Waals surface area contributed by atoms with Crippen molar-refractivity contribution in [1.29, 1.82) is 0 Å². The lowest BCUT2D eigenvalue weighted by Crippen LogP contribution is -2.21. The molecule has 2 N–H and O–H groups in total. The van der Waals surface area contributed by atoms with Crippen molar-refractivity contribution < 1.29 is 0 Å². The SMILES string of the molecule is c1cc(NC2CCCNCC2)cc(-n2cnnn2)c1. The number of hydrogen-bond donors (Lipinski definition) is 2. The van der Waals surface area contributed by atoms with Gasteiger partial charge in [-0.15, -0.1) is 5.10 Å². The lowest BCUT2D eigenvalue weighted by Gasteiger charge is -2.17. The van der Waals surface area contributed by atoms with E-state index in [1.54, 1.807) is 11.0 Å². The fourth-order valence-corrected chi connectivity index (χ4v) is 2.42. The van der Waals surface area contributed by atoms with Gasteiger partial charge >= 0.3 is 0 Å². The molecule has 0 radical (unpaired) electrons. The van der Waals surface area contributed by atoms with Crippen molar-refractivity contribution in [2.75, 3.05) is 18.4 Å². The minimum Gasteiger partial charge on any atom is -0.382 e. The van der Waals surface area contributed by atoms with Crippen molar-refractivity contribution in [3.63, 3.8) is 0 Å². The number of tetrazole rings is 1. The summed E-state index contributed by atoms with van der Waals surface area (Å²) in [5.74, 6) is 0. The molecular weight excluding hydrogens is 240 g/mol. The lowest BCUT2D eigenvalue weighted by molar-refractivity contribution is 0.637. The summed E-state index contributed by atoms with van der Waals surface area (Å²) in [6.45, 7) is 2.22. The van der Waals surface area contributed by atoms with Crippen molar-refractivity contribution in [2.24, 2.45) is 0 Å². The Morgan fingerprint density at radius 3 is 3.16 bits per heavy atom. The van der Waals surface area contributed by atoms with Crippen LogP contribution in [0.15, 0.2) is 30.6 Å². The highest BCUT2D eigenvalue weighted by Gasteiger charge is 2.11. The lowest BCUT2D eigenvalue weighted by atomic mass is 10.1. The Labute approximate surface area is 112 Å². The average molecular weight is 258 g/mol. The summed E-state index contributed by atoms with van der Waals surface area (Å²) in [7, 11) is 0. The van der Waals surface area contributed by atoms with Crippen LogP contribution in [0.2, 0.25) is 0 Å². The van der Waals surface area contributed by atoms with Crippen LogP contribution in [-0.4, -0.2) is 39.3 Å². The summed E-state index contributed by atoms with van der Waals surface area (Å²) >= 11 is 0. The molecule has 2 heterocycles. The maximum absolute atomic E-state index is 3.91. The van der Waals surface area contributed by atoms with Crippen molar-refractivity contribution in [3.05, 3.63) is 30.6 Å².